The van der Waals surface area contributed by atoms with Crippen LogP contribution in [0.3, 0.4) is 0 Å². The monoisotopic (exact) mass is 479 g/mol. The van der Waals surface area contributed by atoms with Crippen LogP contribution in [0.5, 0.6) is 5.75 Å². The van der Waals surface area contributed by atoms with Gasteiger partial charge >= 0.3 is 0 Å². The van der Waals surface area contributed by atoms with Gasteiger partial charge in [-0.15, -0.1) is 0 Å². The van der Waals surface area contributed by atoms with Gasteiger partial charge in [-0.3, -0.25) is 4.79 Å². The van der Waals surface area contributed by atoms with Gasteiger partial charge < -0.3 is 10.1 Å². The molecule has 0 heterocycles. The first-order valence-corrected chi connectivity index (χ1v) is 8.16. The summed E-state index contributed by atoms with van der Waals surface area (Å²) in [6.07, 6.45) is 0. The van der Waals surface area contributed by atoms with Crippen LogP contribution < -0.4 is 10.1 Å². The van der Waals surface area contributed by atoms with Crippen molar-refractivity contribution in [3.8, 4) is 5.75 Å². The minimum atomic E-state index is -0.526. The summed E-state index contributed by atoms with van der Waals surface area (Å²) in [5.74, 6) is -0.870. The van der Waals surface area contributed by atoms with Crippen molar-refractivity contribution in [1.29, 1.82) is 0 Å². The number of carbonyl (C=O) groups excluding carboxylic acids is 1. The largest absolute Gasteiger partial charge is 0.481 e. The Morgan fingerprint density at radius 3 is 2.43 bits per heavy atom. The molecule has 3 nitrogen and oxygen atoms in total. The maximum absolute atomic E-state index is 13.5. The third-order valence-electron chi connectivity index (χ3n) is 2.46. The van der Waals surface area contributed by atoms with Gasteiger partial charge in [0, 0.05) is 13.4 Å². The summed E-state index contributed by atoms with van der Waals surface area (Å²) >= 11 is 9.82. The van der Waals surface area contributed by atoms with Gasteiger partial charge in [-0.25, -0.2) is 4.39 Å². The highest BCUT2D eigenvalue weighted by Gasteiger charge is 2.09. The van der Waals surface area contributed by atoms with Gasteiger partial charge in [0.1, 0.15) is 0 Å². The Kier molecular flexibility index (Phi) is 5.78. The summed E-state index contributed by atoms with van der Waals surface area (Å²) in [5, 5.41) is 2.68. The van der Waals surface area contributed by atoms with Gasteiger partial charge in [0.25, 0.3) is 5.91 Å². The highest BCUT2D eigenvalue weighted by Crippen LogP contribution is 2.26. The Hall–Kier alpha value is -0.920. The van der Waals surface area contributed by atoms with Gasteiger partial charge in [-0.2, -0.15) is 0 Å². The molecule has 0 fully saturated rings. The van der Waals surface area contributed by atoms with E-state index in [-0.39, 0.29) is 18.3 Å². The summed E-state index contributed by atoms with van der Waals surface area (Å²) in [7, 11) is 0. The Bertz CT molecular complexity index is 679. The molecule has 0 aliphatic rings. The van der Waals surface area contributed by atoms with Crippen LogP contribution in [-0.2, 0) is 4.79 Å². The zero-order valence-electron chi connectivity index (χ0n) is 10.5. The van der Waals surface area contributed by atoms with Crippen LogP contribution in [0.1, 0.15) is 0 Å². The van der Waals surface area contributed by atoms with Crippen molar-refractivity contribution >= 4 is 59.4 Å². The lowest BCUT2D eigenvalue weighted by Crippen LogP contribution is -2.20. The maximum atomic E-state index is 13.5. The van der Waals surface area contributed by atoms with E-state index in [1.54, 1.807) is 18.2 Å². The van der Waals surface area contributed by atoms with Crippen LogP contribution in [0.25, 0.3) is 0 Å². The molecule has 0 saturated carbocycles. The number of hydrogen-bond acceptors (Lipinski definition) is 2. The average molecular weight is 482 g/mol. The van der Waals surface area contributed by atoms with Crippen molar-refractivity contribution in [3.63, 3.8) is 0 Å². The lowest BCUT2D eigenvalue weighted by Gasteiger charge is -2.10. The minimum absolute atomic E-state index is 0.0308. The molecular weight excluding hydrogens is 473 g/mol. The molecule has 0 spiro atoms. The fourth-order valence-corrected chi connectivity index (χ4v) is 2.99. The van der Waals surface area contributed by atoms with E-state index in [1.165, 1.54) is 12.1 Å². The van der Waals surface area contributed by atoms with E-state index < -0.39 is 5.82 Å². The molecule has 21 heavy (non-hydrogen) atoms. The van der Waals surface area contributed by atoms with Crippen molar-refractivity contribution in [2.75, 3.05) is 11.9 Å². The van der Waals surface area contributed by atoms with Crippen LogP contribution in [-0.4, -0.2) is 12.5 Å². The average Bonchev–Trinajstić information content (AvgIpc) is 2.41. The number of halogens is 4. The third-order valence-corrected chi connectivity index (χ3v) is 4.10. The summed E-state index contributed by atoms with van der Waals surface area (Å²) in [6, 6.07) is 9.73. The molecule has 0 aromatic heterocycles. The SMILES string of the molecule is O=C(COc1ccc(Br)cc1F)Nc1ccc(Br)cc1Br. The standard InChI is InChI=1S/C14H9Br3FNO2/c15-8-1-3-12(10(17)5-8)19-14(20)7-21-13-4-2-9(16)6-11(13)18/h1-6H,7H2,(H,19,20). The minimum Gasteiger partial charge on any atom is -0.481 e. The fourth-order valence-electron chi connectivity index (χ4n) is 1.51. The van der Waals surface area contributed by atoms with Crippen LogP contribution in [0.2, 0.25) is 0 Å². The molecule has 0 bridgehead atoms. The fraction of sp³-hybridized carbons (Fsp3) is 0.0714. The van der Waals surface area contributed by atoms with Gasteiger partial charge in [0.05, 0.1) is 5.69 Å². The number of nitrogens with one attached hydrogen (secondary N) is 1. The molecular formula is C14H9Br3FNO2. The van der Waals surface area contributed by atoms with E-state index in [2.05, 4.69) is 53.1 Å². The topological polar surface area (TPSA) is 38.3 Å². The number of benzene rings is 2. The van der Waals surface area contributed by atoms with E-state index in [9.17, 15) is 9.18 Å². The Morgan fingerprint density at radius 2 is 1.76 bits per heavy atom. The van der Waals surface area contributed by atoms with E-state index in [1.807, 2.05) is 6.07 Å². The lowest BCUT2D eigenvalue weighted by atomic mass is 10.3. The maximum Gasteiger partial charge on any atom is 0.262 e. The van der Waals surface area contributed by atoms with E-state index in [0.717, 1.165) is 8.95 Å². The Labute approximate surface area is 146 Å². The summed E-state index contributed by atoms with van der Waals surface area (Å²) in [4.78, 5) is 11.8. The first-order valence-electron chi connectivity index (χ1n) is 5.78. The van der Waals surface area contributed by atoms with E-state index in [4.69, 9.17) is 4.74 Å². The van der Waals surface area contributed by atoms with Crippen molar-refractivity contribution in [2.45, 2.75) is 0 Å². The second-order valence-electron chi connectivity index (χ2n) is 4.04. The molecule has 0 atom stereocenters. The predicted octanol–water partition coefficient (Wildman–Crippen LogP) is 5.13. The van der Waals surface area contributed by atoms with Crippen LogP contribution >= 0.6 is 47.8 Å². The molecule has 2 rings (SSSR count). The van der Waals surface area contributed by atoms with Gasteiger partial charge in [0.15, 0.2) is 18.2 Å². The second kappa shape index (κ2) is 7.38. The molecule has 0 radical (unpaired) electrons. The molecule has 2 aromatic carbocycles. The normalized spacial score (nSPS) is 10.3. The van der Waals surface area contributed by atoms with Crippen molar-refractivity contribution < 1.29 is 13.9 Å². The molecule has 1 N–H and O–H groups in total. The molecule has 0 unspecified atom stereocenters. The smallest absolute Gasteiger partial charge is 0.262 e. The quantitative estimate of drug-likeness (QED) is 0.657. The highest BCUT2D eigenvalue weighted by atomic mass is 79.9. The van der Waals surface area contributed by atoms with Crippen LogP contribution in [0.15, 0.2) is 49.8 Å². The number of amides is 1. The summed E-state index contributed by atoms with van der Waals surface area (Å²) < 4.78 is 20.9. The van der Waals surface area contributed by atoms with Crippen molar-refractivity contribution in [1.82, 2.24) is 0 Å². The van der Waals surface area contributed by atoms with Crippen LogP contribution in [0.4, 0.5) is 10.1 Å². The predicted molar refractivity (Wildman–Crippen MR) is 90.1 cm³/mol. The first-order chi connectivity index (χ1) is 9.95. The van der Waals surface area contributed by atoms with Crippen LogP contribution in [0, 0.1) is 5.82 Å². The number of anilines is 1. The molecule has 2 aromatic rings. The highest BCUT2D eigenvalue weighted by molar-refractivity contribution is 9.11. The zero-order chi connectivity index (χ0) is 15.4. The number of ether oxygens (including phenoxy) is 1. The lowest BCUT2D eigenvalue weighted by molar-refractivity contribution is -0.118. The number of carbonyl (C=O) groups is 1. The summed E-state index contributed by atoms with van der Waals surface area (Å²) in [6.45, 7) is -0.277. The number of rotatable bonds is 4. The van der Waals surface area contributed by atoms with Gasteiger partial charge in [-0.05, 0) is 52.3 Å². The third kappa shape index (κ3) is 4.79. The molecule has 0 aliphatic heterocycles. The Balaban J connectivity index is 1.96. The summed E-state index contributed by atoms with van der Waals surface area (Å²) in [5.41, 5.74) is 0.614. The van der Waals surface area contributed by atoms with E-state index in [0.29, 0.717) is 10.2 Å². The number of hydrogen-bond donors (Lipinski definition) is 1. The molecule has 0 saturated heterocycles. The molecule has 7 heteroatoms. The van der Waals surface area contributed by atoms with Crippen molar-refractivity contribution in [2.24, 2.45) is 0 Å². The molecule has 1 amide bonds. The van der Waals surface area contributed by atoms with Crippen molar-refractivity contribution in [3.05, 3.63) is 55.6 Å². The zero-order valence-corrected chi connectivity index (χ0v) is 15.3. The molecule has 0 aliphatic carbocycles. The Morgan fingerprint density at radius 1 is 1.10 bits per heavy atom. The second-order valence-corrected chi connectivity index (χ2v) is 6.72. The first kappa shape index (κ1) is 16.5. The van der Waals surface area contributed by atoms with Gasteiger partial charge in [0.2, 0.25) is 0 Å². The van der Waals surface area contributed by atoms with Gasteiger partial charge in [-0.1, -0.05) is 31.9 Å². The van der Waals surface area contributed by atoms with E-state index >= 15 is 0 Å². The molecule has 110 valence electrons.